The largest absolute Gasteiger partial charge is 0.310 e. The van der Waals surface area contributed by atoms with Crippen LogP contribution in [0.4, 0.5) is 17.1 Å². The summed E-state index contributed by atoms with van der Waals surface area (Å²) in [5.41, 5.74) is 20.7. The molecule has 0 aromatic heterocycles. The Morgan fingerprint density at radius 3 is 1.58 bits per heavy atom. The second-order valence-electron chi connectivity index (χ2n) is 21.5. The molecule has 0 heterocycles. The van der Waals surface area contributed by atoms with E-state index in [2.05, 4.69) is 196 Å². The standard InChI is InChI=1S/C61H57N/c1-58(2)30-31-59(3,4)55-38-46(27-29-52(55)58)62(56-25-15-24-53-57(56)49-21-12-14-23-51(49)61(53)43-33-39-32-40(35-43)36-44(61)34-39)45-26-28-48-47-20-11-13-22-50(47)60(54(48)37-45,41-16-7-5-8-17-41)42-18-9-6-10-19-42/h5-29,37-40,43-44H,30-36H2,1-4H3. The Balaban J connectivity index is 1.10. The van der Waals surface area contributed by atoms with Gasteiger partial charge in [-0.3, -0.25) is 0 Å². The number of anilines is 3. The third-order valence-electron chi connectivity index (χ3n) is 17.6. The van der Waals surface area contributed by atoms with Gasteiger partial charge >= 0.3 is 0 Å². The maximum atomic E-state index is 2.69. The summed E-state index contributed by atoms with van der Waals surface area (Å²) in [4.78, 5) is 2.69. The first-order valence-electron chi connectivity index (χ1n) is 23.7. The third kappa shape index (κ3) is 4.81. The van der Waals surface area contributed by atoms with Crippen LogP contribution in [0.3, 0.4) is 0 Å². The van der Waals surface area contributed by atoms with Crippen molar-refractivity contribution in [1.29, 1.82) is 0 Å². The maximum absolute atomic E-state index is 2.69. The van der Waals surface area contributed by atoms with Gasteiger partial charge < -0.3 is 4.90 Å². The van der Waals surface area contributed by atoms with E-state index in [1.54, 1.807) is 11.1 Å². The molecule has 1 spiro atoms. The van der Waals surface area contributed by atoms with Crippen LogP contribution in [0.1, 0.15) is 117 Å². The number of hydrogen-bond donors (Lipinski definition) is 0. The molecule has 0 aliphatic heterocycles. The molecule has 7 aromatic rings. The lowest BCUT2D eigenvalue weighted by atomic mass is 9.43. The Morgan fingerprint density at radius 2 is 0.919 bits per heavy atom. The highest BCUT2D eigenvalue weighted by Gasteiger charge is 2.62. The lowest BCUT2D eigenvalue weighted by Gasteiger charge is -2.61. The van der Waals surface area contributed by atoms with Crippen LogP contribution in [-0.2, 0) is 21.7 Å². The van der Waals surface area contributed by atoms with Crippen molar-refractivity contribution in [2.24, 2.45) is 23.7 Å². The molecule has 7 aliphatic carbocycles. The third-order valence-corrected chi connectivity index (χ3v) is 17.6. The monoisotopic (exact) mass is 803 g/mol. The minimum absolute atomic E-state index is 0.0809. The van der Waals surface area contributed by atoms with Gasteiger partial charge in [-0.1, -0.05) is 161 Å². The molecule has 0 atom stereocenters. The van der Waals surface area contributed by atoms with Gasteiger partial charge in [0, 0.05) is 22.4 Å². The second-order valence-corrected chi connectivity index (χ2v) is 21.5. The van der Waals surface area contributed by atoms with Gasteiger partial charge in [0.1, 0.15) is 0 Å². The fraction of sp³-hybridized carbons (Fsp3) is 0.311. The molecule has 0 saturated heterocycles. The molecule has 306 valence electrons. The molecule has 0 radical (unpaired) electrons. The number of fused-ring (bicyclic) bond motifs is 7. The minimum Gasteiger partial charge on any atom is -0.310 e. The normalized spacial score (nSPS) is 25.7. The molecular weight excluding hydrogens is 747 g/mol. The molecule has 1 heteroatoms. The van der Waals surface area contributed by atoms with Crippen LogP contribution in [0, 0.1) is 23.7 Å². The van der Waals surface area contributed by atoms with Crippen molar-refractivity contribution >= 4 is 17.1 Å². The molecule has 4 fully saturated rings. The Hall–Kier alpha value is -5.66. The SMILES string of the molecule is CC1(C)CCC(C)(C)c2cc(N(c3ccc4c(c3)C(c3ccccc3)(c3ccccc3)c3ccccc3-4)c3cccc4c3-c3ccccc3C43C4CC5CC(C4)CC3C5)ccc21. The fourth-order valence-electron chi connectivity index (χ4n) is 15.1. The van der Waals surface area contributed by atoms with Gasteiger partial charge in [-0.25, -0.2) is 0 Å². The molecule has 7 aliphatic rings. The maximum Gasteiger partial charge on any atom is 0.0714 e. The summed E-state index contributed by atoms with van der Waals surface area (Å²) in [5.74, 6) is 3.25. The number of nitrogens with zero attached hydrogens (tertiary/aromatic N) is 1. The van der Waals surface area contributed by atoms with E-state index < -0.39 is 5.41 Å². The highest BCUT2D eigenvalue weighted by Crippen LogP contribution is 2.70. The van der Waals surface area contributed by atoms with E-state index in [9.17, 15) is 0 Å². The predicted octanol–water partition coefficient (Wildman–Crippen LogP) is 15.6. The summed E-state index contributed by atoms with van der Waals surface area (Å²) in [7, 11) is 0. The lowest BCUT2D eigenvalue weighted by molar-refractivity contribution is -0.0399. The van der Waals surface area contributed by atoms with E-state index in [-0.39, 0.29) is 16.2 Å². The predicted molar refractivity (Wildman–Crippen MR) is 257 cm³/mol. The van der Waals surface area contributed by atoms with Crippen LogP contribution >= 0.6 is 0 Å². The first-order valence-corrected chi connectivity index (χ1v) is 23.7. The molecule has 62 heavy (non-hydrogen) atoms. The molecule has 0 unspecified atom stereocenters. The molecule has 7 aromatic carbocycles. The van der Waals surface area contributed by atoms with Gasteiger partial charge in [0.05, 0.1) is 11.1 Å². The minimum atomic E-state index is -0.479. The lowest BCUT2D eigenvalue weighted by Crippen LogP contribution is -2.55. The molecule has 4 bridgehead atoms. The Labute approximate surface area is 368 Å². The van der Waals surface area contributed by atoms with E-state index >= 15 is 0 Å². The molecule has 4 saturated carbocycles. The average molecular weight is 804 g/mol. The molecule has 1 nitrogen and oxygen atoms in total. The van der Waals surface area contributed by atoms with Crippen molar-refractivity contribution in [1.82, 2.24) is 0 Å². The number of benzene rings is 7. The van der Waals surface area contributed by atoms with Gasteiger partial charge in [0.25, 0.3) is 0 Å². The number of hydrogen-bond acceptors (Lipinski definition) is 1. The van der Waals surface area contributed by atoms with Crippen molar-refractivity contribution in [2.45, 2.75) is 94.3 Å². The van der Waals surface area contributed by atoms with Gasteiger partial charge in [0.15, 0.2) is 0 Å². The zero-order valence-corrected chi connectivity index (χ0v) is 36.8. The van der Waals surface area contributed by atoms with E-state index in [4.69, 9.17) is 0 Å². The van der Waals surface area contributed by atoms with Crippen molar-refractivity contribution in [3.63, 3.8) is 0 Å². The van der Waals surface area contributed by atoms with E-state index in [1.165, 1.54) is 118 Å². The van der Waals surface area contributed by atoms with E-state index in [0.29, 0.717) is 11.8 Å². The van der Waals surface area contributed by atoms with Crippen LogP contribution in [0.5, 0.6) is 0 Å². The topological polar surface area (TPSA) is 3.24 Å². The molecule has 0 N–H and O–H groups in total. The van der Waals surface area contributed by atoms with Crippen LogP contribution in [-0.4, -0.2) is 0 Å². The Morgan fingerprint density at radius 1 is 0.403 bits per heavy atom. The molecular formula is C61H57N. The van der Waals surface area contributed by atoms with Crippen molar-refractivity contribution in [3.05, 3.63) is 208 Å². The zero-order valence-electron chi connectivity index (χ0n) is 36.8. The first kappa shape index (κ1) is 36.9. The smallest absolute Gasteiger partial charge is 0.0714 e. The van der Waals surface area contributed by atoms with E-state index in [0.717, 1.165) is 11.8 Å². The molecule has 14 rings (SSSR count). The van der Waals surface area contributed by atoms with Crippen LogP contribution in [0.15, 0.2) is 164 Å². The summed E-state index contributed by atoms with van der Waals surface area (Å²) < 4.78 is 0. The Kier molecular flexibility index (Phi) is 7.72. The van der Waals surface area contributed by atoms with Crippen LogP contribution in [0.25, 0.3) is 22.3 Å². The van der Waals surface area contributed by atoms with Gasteiger partial charge in [-0.2, -0.15) is 0 Å². The van der Waals surface area contributed by atoms with Crippen LogP contribution < -0.4 is 4.90 Å². The summed E-state index contributed by atoms with van der Waals surface area (Å²) in [6, 6.07) is 63.9. The summed E-state index contributed by atoms with van der Waals surface area (Å²) >= 11 is 0. The Bertz CT molecular complexity index is 2860. The second kappa shape index (κ2) is 12.9. The highest BCUT2D eigenvalue weighted by molar-refractivity contribution is 5.97. The molecule has 0 amide bonds. The van der Waals surface area contributed by atoms with Crippen LogP contribution in [0.2, 0.25) is 0 Å². The van der Waals surface area contributed by atoms with E-state index in [1.807, 2.05) is 0 Å². The first-order chi connectivity index (χ1) is 30.2. The summed E-state index contributed by atoms with van der Waals surface area (Å²) in [6.07, 6.45) is 9.40. The highest BCUT2D eigenvalue weighted by atomic mass is 15.1. The quantitative estimate of drug-likeness (QED) is 0.168. The van der Waals surface area contributed by atoms with Gasteiger partial charge in [-0.05, 0) is 171 Å². The average Bonchev–Trinajstić information content (AvgIpc) is 3.76. The number of rotatable bonds is 5. The van der Waals surface area contributed by atoms with Crippen molar-refractivity contribution in [3.8, 4) is 22.3 Å². The van der Waals surface area contributed by atoms with Crippen molar-refractivity contribution < 1.29 is 0 Å². The van der Waals surface area contributed by atoms with Gasteiger partial charge in [-0.15, -0.1) is 0 Å². The van der Waals surface area contributed by atoms with Gasteiger partial charge in [0.2, 0.25) is 0 Å². The summed E-state index contributed by atoms with van der Waals surface area (Å²) in [5, 5.41) is 0. The zero-order chi connectivity index (χ0) is 41.6. The van der Waals surface area contributed by atoms with Crippen molar-refractivity contribution in [2.75, 3.05) is 4.90 Å². The summed E-state index contributed by atoms with van der Waals surface area (Å²) in [6.45, 7) is 9.86. The fourth-order valence-corrected chi connectivity index (χ4v) is 15.1.